The second-order valence-electron chi connectivity index (χ2n) is 1.92. The first-order valence-corrected chi connectivity index (χ1v) is 2.38. The maximum Gasteiger partial charge on any atom is 0.307 e. The zero-order valence-corrected chi connectivity index (χ0v) is 4.16. The van der Waals surface area contributed by atoms with Crippen LogP contribution in [0.4, 0.5) is 0 Å². The highest BCUT2D eigenvalue weighted by atomic mass is 16.4. The second-order valence-corrected chi connectivity index (χ2v) is 1.92. The Hall–Kier alpha value is -1.04. The number of hydrogen-bond donors (Lipinski definition) is 1. The summed E-state index contributed by atoms with van der Waals surface area (Å²) in [5, 5.41) is 16.3. The molecule has 1 aliphatic rings. The van der Waals surface area contributed by atoms with E-state index in [2.05, 4.69) is 0 Å². The molecule has 0 aromatic rings. The highest BCUT2D eigenvalue weighted by molar-refractivity contribution is 5.74. The van der Waals surface area contributed by atoms with Crippen LogP contribution in [0.3, 0.4) is 0 Å². The molecule has 0 aromatic heterocycles. The summed E-state index contributed by atoms with van der Waals surface area (Å²) >= 11 is 0. The van der Waals surface area contributed by atoms with Crippen LogP contribution < -0.4 is 0 Å². The van der Waals surface area contributed by atoms with Crippen molar-refractivity contribution in [3.63, 3.8) is 0 Å². The van der Waals surface area contributed by atoms with Crippen LogP contribution in [0, 0.1) is 23.2 Å². The molecule has 0 amide bonds. The predicted molar refractivity (Wildman–Crippen MR) is 24.8 cm³/mol. The Kier molecular flexibility index (Phi) is 0.943. The van der Waals surface area contributed by atoms with Gasteiger partial charge in [-0.05, 0) is 6.42 Å². The Balaban J connectivity index is 2.40. The van der Waals surface area contributed by atoms with Gasteiger partial charge in [0, 0.05) is 0 Å². The fraction of sp³-hybridized carbons (Fsp3) is 0.600. The summed E-state index contributed by atoms with van der Waals surface area (Å²) < 4.78 is 0. The van der Waals surface area contributed by atoms with Gasteiger partial charge in [-0.2, -0.15) is 5.26 Å². The van der Waals surface area contributed by atoms with E-state index in [0.717, 1.165) is 0 Å². The van der Waals surface area contributed by atoms with Crippen LogP contribution in [0.2, 0.25) is 0 Å². The minimum absolute atomic E-state index is 0.201. The molecule has 0 spiro atoms. The van der Waals surface area contributed by atoms with Crippen molar-refractivity contribution in [2.45, 2.75) is 6.42 Å². The fourth-order valence-electron chi connectivity index (χ4n) is 0.611. The van der Waals surface area contributed by atoms with Gasteiger partial charge in [0.05, 0.1) is 17.9 Å². The predicted octanol–water partition coefficient (Wildman–Crippen LogP) is 0.231. The average Bonchev–Trinajstić information content (AvgIpc) is 2.42. The first kappa shape index (κ1) is 5.10. The van der Waals surface area contributed by atoms with Crippen LogP contribution >= 0.6 is 0 Å². The molecule has 3 heteroatoms. The molecule has 2 atom stereocenters. The van der Waals surface area contributed by atoms with Crippen molar-refractivity contribution in [1.29, 1.82) is 5.26 Å². The topological polar surface area (TPSA) is 61.1 Å². The van der Waals surface area contributed by atoms with E-state index in [1.807, 2.05) is 6.07 Å². The van der Waals surface area contributed by atoms with Gasteiger partial charge in [0.1, 0.15) is 0 Å². The van der Waals surface area contributed by atoms with Gasteiger partial charge in [0.15, 0.2) is 0 Å². The standard InChI is InChI=1S/C5H5NO2/c6-2-3-1-4(3)5(7)8/h3-4H,1H2,(H,7,8)/t3-,4+/m1/s1. The molecule has 0 bridgehead atoms. The van der Waals surface area contributed by atoms with Crippen molar-refractivity contribution >= 4 is 5.97 Å². The number of rotatable bonds is 1. The maximum atomic E-state index is 9.98. The Morgan fingerprint density at radius 1 is 1.88 bits per heavy atom. The molecule has 42 valence electrons. The van der Waals surface area contributed by atoms with E-state index in [1.165, 1.54) is 0 Å². The van der Waals surface area contributed by atoms with Crippen molar-refractivity contribution in [1.82, 2.24) is 0 Å². The van der Waals surface area contributed by atoms with E-state index in [1.54, 1.807) is 0 Å². The van der Waals surface area contributed by atoms with Crippen molar-refractivity contribution in [3.05, 3.63) is 0 Å². The first-order valence-electron chi connectivity index (χ1n) is 2.38. The molecular formula is C5H5NO2. The molecule has 0 aliphatic heterocycles. The Bertz CT molecular complexity index is 158. The lowest BCUT2D eigenvalue weighted by atomic mass is 10.3. The van der Waals surface area contributed by atoms with Gasteiger partial charge in [-0.15, -0.1) is 0 Å². The molecule has 8 heavy (non-hydrogen) atoms. The number of nitrogens with zero attached hydrogens (tertiary/aromatic N) is 1. The number of carboxylic acids is 1. The van der Waals surface area contributed by atoms with Crippen LogP contribution in [0.25, 0.3) is 0 Å². The van der Waals surface area contributed by atoms with Crippen LogP contribution in [-0.2, 0) is 4.79 Å². The third-order valence-corrected chi connectivity index (χ3v) is 1.27. The van der Waals surface area contributed by atoms with Gasteiger partial charge in [0.2, 0.25) is 0 Å². The van der Waals surface area contributed by atoms with E-state index in [4.69, 9.17) is 10.4 Å². The van der Waals surface area contributed by atoms with Crippen molar-refractivity contribution < 1.29 is 9.90 Å². The zero-order valence-electron chi connectivity index (χ0n) is 4.16. The number of aliphatic carboxylic acids is 1. The molecule has 0 aromatic carbocycles. The first-order chi connectivity index (χ1) is 3.75. The summed E-state index contributed by atoms with van der Waals surface area (Å²) in [6, 6.07) is 1.89. The molecule has 0 unspecified atom stereocenters. The van der Waals surface area contributed by atoms with E-state index in [-0.39, 0.29) is 11.8 Å². The van der Waals surface area contributed by atoms with Crippen molar-refractivity contribution in [2.75, 3.05) is 0 Å². The molecule has 0 heterocycles. The lowest BCUT2D eigenvalue weighted by Gasteiger charge is -1.78. The number of carboxylic acid groups (broad SMARTS) is 1. The van der Waals surface area contributed by atoms with Gasteiger partial charge in [0.25, 0.3) is 0 Å². The molecule has 1 N–H and O–H groups in total. The zero-order chi connectivity index (χ0) is 6.15. The lowest BCUT2D eigenvalue weighted by molar-refractivity contribution is -0.138. The summed E-state index contributed by atoms with van der Waals surface area (Å²) in [7, 11) is 0. The van der Waals surface area contributed by atoms with E-state index in [9.17, 15) is 4.79 Å². The number of carbonyl (C=O) groups is 1. The lowest BCUT2D eigenvalue weighted by Crippen LogP contribution is -1.97. The van der Waals surface area contributed by atoms with Gasteiger partial charge >= 0.3 is 5.97 Å². The monoisotopic (exact) mass is 111 g/mol. The maximum absolute atomic E-state index is 9.98. The third-order valence-electron chi connectivity index (χ3n) is 1.27. The summed E-state index contributed by atoms with van der Waals surface area (Å²) in [5.41, 5.74) is 0. The van der Waals surface area contributed by atoms with E-state index < -0.39 is 5.97 Å². The highest BCUT2D eigenvalue weighted by Gasteiger charge is 2.43. The van der Waals surface area contributed by atoms with Crippen molar-refractivity contribution in [3.8, 4) is 6.07 Å². The second kappa shape index (κ2) is 1.48. The SMILES string of the molecule is N#C[C@H]1C[C@@H]1C(=O)O. The van der Waals surface area contributed by atoms with E-state index in [0.29, 0.717) is 6.42 Å². The third kappa shape index (κ3) is 0.648. The van der Waals surface area contributed by atoms with Gasteiger partial charge in [-0.1, -0.05) is 0 Å². The summed E-state index contributed by atoms with van der Waals surface area (Å²) in [5.74, 6) is -1.40. The molecule has 0 radical (unpaired) electrons. The average molecular weight is 111 g/mol. The Labute approximate surface area is 46.5 Å². The molecule has 1 aliphatic carbocycles. The molecule has 1 fully saturated rings. The smallest absolute Gasteiger partial charge is 0.307 e. The molecule has 1 saturated carbocycles. The molecule has 0 saturated heterocycles. The number of nitriles is 1. The number of hydrogen-bond acceptors (Lipinski definition) is 2. The summed E-state index contributed by atoms with van der Waals surface area (Å²) in [6.07, 6.45) is 0.547. The van der Waals surface area contributed by atoms with E-state index >= 15 is 0 Å². The van der Waals surface area contributed by atoms with Gasteiger partial charge < -0.3 is 5.11 Å². The van der Waals surface area contributed by atoms with Gasteiger partial charge in [-0.3, -0.25) is 4.79 Å². The Morgan fingerprint density at radius 2 is 2.50 bits per heavy atom. The van der Waals surface area contributed by atoms with Crippen LogP contribution in [0.15, 0.2) is 0 Å². The van der Waals surface area contributed by atoms with Crippen LogP contribution in [0.1, 0.15) is 6.42 Å². The fourth-order valence-corrected chi connectivity index (χ4v) is 0.611. The minimum atomic E-state index is -0.837. The largest absolute Gasteiger partial charge is 0.481 e. The summed E-state index contributed by atoms with van der Waals surface area (Å²) in [6.45, 7) is 0. The molecule has 3 nitrogen and oxygen atoms in total. The quantitative estimate of drug-likeness (QED) is 0.526. The molecule has 1 rings (SSSR count). The Morgan fingerprint density at radius 3 is 2.62 bits per heavy atom. The van der Waals surface area contributed by atoms with Crippen LogP contribution in [-0.4, -0.2) is 11.1 Å². The highest BCUT2D eigenvalue weighted by Crippen LogP contribution is 2.37. The van der Waals surface area contributed by atoms with Gasteiger partial charge in [-0.25, -0.2) is 0 Å². The summed E-state index contributed by atoms with van der Waals surface area (Å²) in [4.78, 5) is 9.98. The normalized spacial score (nSPS) is 33.4. The molecular weight excluding hydrogens is 106 g/mol. The van der Waals surface area contributed by atoms with Crippen molar-refractivity contribution in [2.24, 2.45) is 11.8 Å². The minimum Gasteiger partial charge on any atom is -0.481 e. The van der Waals surface area contributed by atoms with Crippen LogP contribution in [0.5, 0.6) is 0 Å².